The molecule has 0 spiro atoms. The number of fused-ring (bicyclic) bond motifs is 1. The maximum Gasteiger partial charge on any atom is 0.343 e. The lowest BCUT2D eigenvalue weighted by Gasteiger charge is -2.13. The van der Waals surface area contributed by atoms with Gasteiger partial charge in [-0.2, -0.15) is 5.10 Å². The van der Waals surface area contributed by atoms with Gasteiger partial charge in [0.1, 0.15) is 5.75 Å². The maximum absolute atomic E-state index is 12.7. The number of methoxy groups -OCH3 is 3. The first-order valence-corrected chi connectivity index (χ1v) is 11.7. The van der Waals surface area contributed by atoms with E-state index in [1.807, 2.05) is 42.5 Å². The SMILES string of the molecule is COc1cc(C(=O)Oc2ccc(C=NNC(=O)CNc3cccc4ccccc34)cc2)cc(OC)c1OC. The van der Waals surface area contributed by atoms with Crippen LogP contribution in [0.2, 0.25) is 0 Å². The molecule has 4 aromatic rings. The maximum atomic E-state index is 12.7. The highest BCUT2D eigenvalue weighted by molar-refractivity contribution is 5.95. The van der Waals surface area contributed by atoms with E-state index in [1.165, 1.54) is 39.7 Å². The molecule has 0 radical (unpaired) electrons. The Bertz CT molecular complexity index is 1440. The molecule has 0 heterocycles. The lowest BCUT2D eigenvalue weighted by Crippen LogP contribution is -2.25. The van der Waals surface area contributed by atoms with Crippen molar-refractivity contribution >= 4 is 34.6 Å². The number of ether oxygens (including phenoxy) is 4. The number of nitrogens with one attached hydrogen (secondary N) is 2. The fourth-order valence-corrected chi connectivity index (χ4v) is 3.76. The number of nitrogens with zero attached hydrogens (tertiary/aromatic N) is 1. The molecule has 0 bridgehead atoms. The van der Waals surface area contributed by atoms with Crippen LogP contribution < -0.4 is 29.7 Å². The van der Waals surface area contributed by atoms with E-state index in [2.05, 4.69) is 15.8 Å². The summed E-state index contributed by atoms with van der Waals surface area (Å²) in [5, 5.41) is 9.27. The first kappa shape index (κ1) is 26.0. The predicted molar refractivity (Wildman–Crippen MR) is 146 cm³/mol. The molecular formula is C29H27N3O6. The summed E-state index contributed by atoms with van der Waals surface area (Å²) < 4.78 is 21.3. The van der Waals surface area contributed by atoms with Gasteiger partial charge in [0.2, 0.25) is 5.75 Å². The average Bonchev–Trinajstić information content (AvgIpc) is 2.96. The third-order valence-electron chi connectivity index (χ3n) is 5.62. The normalized spacial score (nSPS) is 10.7. The van der Waals surface area contributed by atoms with Gasteiger partial charge in [0.25, 0.3) is 5.91 Å². The van der Waals surface area contributed by atoms with Crippen molar-refractivity contribution in [3.05, 3.63) is 90.0 Å². The van der Waals surface area contributed by atoms with Crippen LogP contribution in [0.25, 0.3) is 10.8 Å². The molecule has 0 aliphatic rings. The largest absolute Gasteiger partial charge is 0.493 e. The summed E-state index contributed by atoms with van der Waals surface area (Å²) in [7, 11) is 4.42. The summed E-state index contributed by atoms with van der Waals surface area (Å²) in [6, 6.07) is 23.5. The smallest absolute Gasteiger partial charge is 0.343 e. The van der Waals surface area contributed by atoms with Gasteiger partial charge in [0, 0.05) is 11.1 Å². The minimum atomic E-state index is -0.586. The second-order valence-electron chi connectivity index (χ2n) is 8.05. The van der Waals surface area contributed by atoms with E-state index in [1.54, 1.807) is 24.3 Å². The highest BCUT2D eigenvalue weighted by Gasteiger charge is 2.18. The number of carbonyl (C=O) groups is 2. The molecule has 0 aromatic heterocycles. The Morgan fingerprint density at radius 1 is 0.842 bits per heavy atom. The molecule has 1 amide bonds. The molecule has 2 N–H and O–H groups in total. The van der Waals surface area contributed by atoms with E-state index in [-0.39, 0.29) is 18.0 Å². The van der Waals surface area contributed by atoms with Crippen molar-refractivity contribution in [3.63, 3.8) is 0 Å². The van der Waals surface area contributed by atoms with Gasteiger partial charge >= 0.3 is 5.97 Å². The van der Waals surface area contributed by atoms with Crippen LogP contribution in [0.15, 0.2) is 84.0 Å². The van der Waals surface area contributed by atoms with E-state index >= 15 is 0 Å². The van der Waals surface area contributed by atoms with Crippen LogP contribution in [0, 0.1) is 0 Å². The second kappa shape index (κ2) is 12.3. The number of rotatable bonds is 10. The number of hydrogen-bond acceptors (Lipinski definition) is 8. The molecule has 0 saturated carbocycles. The molecule has 0 aliphatic heterocycles. The molecule has 0 unspecified atom stereocenters. The van der Waals surface area contributed by atoms with Gasteiger partial charge < -0.3 is 24.3 Å². The monoisotopic (exact) mass is 513 g/mol. The Balaban J connectivity index is 1.31. The fourth-order valence-electron chi connectivity index (χ4n) is 3.76. The van der Waals surface area contributed by atoms with E-state index in [4.69, 9.17) is 18.9 Å². The Morgan fingerprint density at radius 2 is 1.53 bits per heavy atom. The van der Waals surface area contributed by atoms with E-state index < -0.39 is 5.97 Å². The van der Waals surface area contributed by atoms with Gasteiger partial charge in [-0.3, -0.25) is 4.79 Å². The highest BCUT2D eigenvalue weighted by Crippen LogP contribution is 2.38. The topological polar surface area (TPSA) is 107 Å². The molecular weight excluding hydrogens is 486 g/mol. The van der Waals surface area contributed by atoms with Crippen molar-refractivity contribution in [3.8, 4) is 23.0 Å². The summed E-state index contributed by atoms with van der Waals surface area (Å²) in [6.07, 6.45) is 1.50. The van der Waals surface area contributed by atoms with Crippen LogP contribution in [0.1, 0.15) is 15.9 Å². The van der Waals surface area contributed by atoms with Crippen molar-refractivity contribution in [2.75, 3.05) is 33.2 Å². The predicted octanol–water partition coefficient (Wildman–Crippen LogP) is 4.65. The molecule has 4 rings (SSSR count). The number of benzene rings is 4. The van der Waals surface area contributed by atoms with Crippen molar-refractivity contribution in [1.82, 2.24) is 5.43 Å². The molecule has 0 saturated heterocycles. The summed E-state index contributed by atoms with van der Waals surface area (Å²) >= 11 is 0. The highest BCUT2D eigenvalue weighted by atomic mass is 16.5. The lowest BCUT2D eigenvalue weighted by molar-refractivity contribution is -0.119. The Morgan fingerprint density at radius 3 is 2.21 bits per heavy atom. The zero-order valence-electron chi connectivity index (χ0n) is 21.2. The quantitative estimate of drug-likeness (QED) is 0.138. The molecule has 4 aromatic carbocycles. The van der Waals surface area contributed by atoms with Crippen LogP contribution >= 0.6 is 0 Å². The lowest BCUT2D eigenvalue weighted by atomic mass is 10.1. The molecule has 9 heteroatoms. The zero-order valence-corrected chi connectivity index (χ0v) is 21.2. The fraction of sp³-hybridized carbons (Fsp3) is 0.138. The molecule has 38 heavy (non-hydrogen) atoms. The number of carbonyl (C=O) groups excluding carboxylic acids is 2. The first-order chi connectivity index (χ1) is 18.5. The second-order valence-corrected chi connectivity index (χ2v) is 8.05. The minimum absolute atomic E-state index is 0.0706. The number of amides is 1. The summed E-state index contributed by atoms with van der Waals surface area (Å²) in [5.74, 6) is 0.539. The standard InChI is InChI=1S/C29H27N3O6/c1-35-25-15-21(16-26(36-2)28(25)37-3)29(34)38-22-13-11-19(12-14-22)17-31-32-27(33)18-30-24-10-6-8-20-7-4-5-9-23(20)24/h4-17,30H,18H2,1-3H3,(H,32,33). The van der Waals surface area contributed by atoms with Gasteiger partial charge in [0.05, 0.1) is 39.7 Å². The molecule has 0 atom stereocenters. The van der Waals surface area contributed by atoms with E-state index in [0.29, 0.717) is 28.6 Å². The number of esters is 1. The van der Waals surface area contributed by atoms with Gasteiger partial charge in [-0.1, -0.05) is 36.4 Å². The van der Waals surface area contributed by atoms with Crippen LogP contribution in [0.5, 0.6) is 23.0 Å². The molecule has 0 aliphatic carbocycles. The number of hydrazone groups is 1. The zero-order chi connectivity index (χ0) is 26.9. The summed E-state index contributed by atoms with van der Waals surface area (Å²) in [5.41, 5.74) is 4.32. The average molecular weight is 514 g/mol. The van der Waals surface area contributed by atoms with Gasteiger partial charge in [-0.05, 0) is 53.4 Å². The Hall–Kier alpha value is -5.05. The van der Waals surface area contributed by atoms with Crippen LogP contribution in [0.4, 0.5) is 5.69 Å². The summed E-state index contributed by atoms with van der Waals surface area (Å²) in [6.45, 7) is 0.0706. The van der Waals surface area contributed by atoms with Gasteiger partial charge in [0.15, 0.2) is 11.5 Å². The molecule has 194 valence electrons. The third-order valence-corrected chi connectivity index (χ3v) is 5.62. The van der Waals surface area contributed by atoms with Crippen LogP contribution in [0.3, 0.4) is 0 Å². The van der Waals surface area contributed by atoms with E-state index in [9.17, 15) is 9.59 Å². The van der Waals surface area contributed by atoms with Gasteiger partial charge in [-0.25, -0.2) is 10.2 Å². The number of hydrogen-bond donors (Lipinski definition) is 2. The Kier molecular flexibility index (Phi) is 8.40. The van der Waals surface area contributed by atoms with Crippen molar-refractivity contribution < 1.29 is 28.5 Å². The number of anilines is 1. The van der Waals surface area contributed by atoms with Crippen LogP contribution in [-0.4, -0.2) is 46.0 Å². The van der Waals surface area contributed by atoms with Gasteiger partial charge in [-0.15, -0.1) is 0 Å². The minimum Gasteiger partial charge on any atom is -0.493 e. The first-order valence-electron chi connectivity index (χ1n) is 11.7. The molecule has 9 nitrogen and oxygen atoms in total. The van der Waals surface area contributed by atoms with Crippen molar-refractivity contribution in [2.45, 2.75) is 0 Å². The van der Waals surface area contributed by atoms with Crippen LogP contribution in [-0.2, 0) is 4.79 Å². The van der Waals surface area contributed by atoms with Crippen molar-refractivity contribution in [2.24, 2.45) is 5.10 Å². The third kappa shape index (κ3) is 6.19. The Labute approximate surface area is 220 Å². The molecule has 0 fully saturated rings. The summed E-state index contributed by atoms with van der Waals surface area (Å²) in [4.78, 5) is 24.9. The van der Waals surface area contributed by atoms with Crippen molar-refractivity contribution in [1.29, 1.82) is 0 Å². The van der Waals surface area contributed by atoms with E-state index in [0.717, 1.165) is 16.5 Å².